The largest absolute Gasteiger partial charge is 0.106 e. The third-order valence-electron chi connectivity index (χ3n) is 2.35. The second kappa shape index (κ2) is 4.24. The summed E-state index contributed by atoms with van der Waals surface area (Å²) in [5.74, 6) is 1.25. The standard InChI is InChI=1S/C12H19P/c1-8(2)11-6-5-10(13)7-12(11)9(3)4/h5-9H,13H2,1-4H3. The quantitative estimate of drug-likeness (QED) is 0.633. The molecule has 0 nitrogen and oxygen atoms in total. The summed E-state index contributed by atoms with van der Waals surface area (Å²) in [5.41, 5.74) is 2.98. The maximum atomic E-state index is 2.76. The first-order valence-corrected chi connectivity index (χ1v) is 5.49. The average molecular weight is 194 g/mol. The Morgan fingerprint density at radius 2 is 1.46 bits per heavy atom. The summed E-state index contributed by atoms with van der Waals surface area (Å²) in [5, 5.41) is 1.29. The van der Waals surface area contributed by atoms with Crippen LogP contribution in [0.1, 0.15) is 50.7 Å². The van der Waals surface area contributed by atoms with Crippen molar-refractivity contribution < 1.29 is 0 Å². The SMILES string of the molecule is CC(C)c1ccc(P)cc1C(C)C. The van der Waals surface area contributed by atoms with Crippen molar-refractivity contribution in [3.05, 3.63) is 29.3 Å². The summed E-state index contributed by atoms with van der Waals surface area (Å²) in [6, 6.07) is 6.71. The molecule has 0 aliphatic heterocycles. The lowest BCUT2D eigenvalue weighted by Gasteiger charge is -2.16. The summed E-state index contributed by atoms with van der Waals surface area (Å²) in [4.78, 5) is 0. The first kappa shape index (κ1) is 10.7. The molecule has 0 amide bonds. The van der Waals surface area contributed by atoms with E-state index < -0.39 is 0 Å². The van der Waals surface area contributed by atoms with Crippen molar-refractivity contribution in [1.29, 1.82) is 0 Å². The van der Waals surface area contributed by atoms with Gasteiger partial charge in [0.25, 0.3) is 0 Å². The molecule has 0 fully saturated rings. The van der Waals surface area contributed by atoms with E-state index in [9.17, 15) is 0 Å². The van der Waals surface area contributed by atoms with Crippen LogP contribution in [-0.4, -0.2) is 0 Å². The maximum absolute atomic E-state index is 2.76. The van der Waals surface area contributed by atoms with E-state index in [2.05, 4.69) is 55.1 Å². The molecule has 1 rings (SSSR count). The highest BCUT2D eigenvalue weighted by molar-refractivity contribution is 7.27. The van der Waals surface area contributed by atoms with Crippen molar-refractivity contribution in [2.24, 2.45) is 0 Å². The van der Waals surface area contributed by atoms with Crippen LogP contribution in [0.2, 0.25) is 0 Å². The van der Waals surface area contributed by atoms with E-state index >= 15 is 0 Å². The van der Waals surface area contributed by atoms with Gasteiger partial charge in [0, 0.05) is 0 Å². The van der Waals surface area contributed by atoms with E-state index in [0.29, 0.717) is 11.8 Å². The second-order valence-electron chi connectivity index (χ2n) is 4.20. The van der Waals surface area contributed by atoms with E-state index in [0.717, 1.165) is 0 Å². The Labute approximate surface area is 84.0 Å². The Balaban J connectivity index is 3.19. The van der Waals surface area contributed by atoms with Crippen molar-refractivity contribution in [3.63, 3.8) is 0 Å². The Kier molecular flexibility index (Phi) is 3.50. The summed E-state index contributed by atoms with van der Waals surface area (Å²) in [6.07, 6.45) is 0. The zero-order valence-electron chi connectivity index (χ0n) is 8.96. The monoisotopic (exact) mass is 194 g/mol. The van der Waals surface area contributed by atoms with Gasteiger partial charge in [-0.2, -0.15) is 0 Å². The minimum absolute atomic E-state index is 0.623. The van der Waals surface area contributed by atoms with Gasteiger partial charge in [-0.3, -0.25) is 0 Å². The number of hydrogen-bond donors (Lipinski definition) is 0. The fraction of sp³-hybridized carbons (Fsp3) is 0.500. The van der Waals surface area contributed by atoms with Crippen molar-refractivity contribution in [1.82, 2.24) is 0 Å². The molecule has 0 aliphatic carbocycles. The zero-order valence-corrected chi connectivity index (χ0v) is 10.1. The second-order valence-corrected chi connectivity index (χ2v) is 4.86. The Morgan fingerprint density at radius 1 is 0.923 bits per heavy atom. The minimum Gasteiger partial charge on any atom is -0.106 e. The lowest BCUT2D eigenvalue weighted by molar-refractivity contribution is 0.791. The van der Waals surface area contributed by atoms with Gasteiger partial charge in [-0.25, -0.2) is 0 Å². The summed E-state index contributed by atoms with van der Waals surface area (Å²) in [6.45, 7) is 9.02. The lowest BCUT2D eigenvalue weighted by atomic mass is 9.91. The molecule has 0 heterocycles. The van der Waals surface area contributed by atoms with E-state index in [4.69, 9.17) is 0 Å². The maximum Gasteiger partial charge on any atom is -0.0216 e. The van der Waals surface area contributed by atoms with Gasteiger partial charge in [0.15, 0.2) is 0 Å². The van der Waals surface area contributed by atoms with Crippen LogP contribution in [-0.2, 0) is 0 Å². The van der Waals surface area contributed by atoms with E-state index in [1.165, 1.54) is 16.4 Å². The fourth-order valence-electron chi connectivity index (χ4n) is 1.62. The third-order valence-corrected chi connectivity index (χ3v) is 2.71. The molecule has 0 aliphatic rings. The molecule has 1 aromatic carbocycles. The summed E-state index contributed by atoms with van der Waals surface area (Å²) >= 11 is 0. The number of benzene rings is 1. The predicted octanol–water partition coefficient (Wildman–Crippen LogP) is 3.43. The molecule has 0 radical (unpaired) electrons. The molecule has 1 unspecified atom stereocenters. The molecule has 0 N–H and O–H groups in total. The van der Waals surface area contributed by atoms with Crippen LogP contribution in [0.3, 0.4) is 0 Å². The first-order valence-electron chi connectivity index (χ1n) is 4.91. The molecule has 0 saturated carbocycles. The van der Waals surface area contributed by atoms with E-state index in [1.54, 1.807) is 0 Å². The van der Waals surface area contributed by atoms with Gasteiger partial charge >= 0.3 is 0 Å². The van der Waals surface area contributed by atoms with Gasteiger partial charge < -0.3 is 0 Å². The van der Waals surface area contributed by atoms with Crippen LogP contribution in [0.15, 0.2) is 18.2 Å². The summed E-state index contributed by atoms with van der Waals surface area (Å²) in [7, 11) is 2.76. The third kappa shape index (κ3) is 2.54. The Morgan fingerprint density at radius 3 is 1.92 bits per heavy atom. The van der Waals surface area contributed by atoms with Gasteiger partial charge in [0.2, 0.25) is 0 Å². The molecular formula is C12H19P. The fourth-order valence-corrected chi connectivity index (χ4v) is 1.89. The smallest absolute Gasteiger partial charge is 0.0216 e. The van der Waals surface area contributed by atoms with Gasteiger partial charge in [-0.1, -0.05) is 45.9 Å². The molecule has 0 saturated heterocycles. The van der Waals surface area contributed by atoms with Gasteiger partial charge in [-0.15, -0.1) is 9.24 Å². The van der Waals surface area contributed by atoms with Crippen LogP contribution in [0.4, 0.5) is 0 Å². The molecule has 1 aromatic rings. The van der Waals surface area contributed by atoms with E-state index in [-0.39, 0.29) is 0 Å². The van der Waals surface area contributed by atoms with Crippen LogP contribution >= 0.6 is 9.24 Å². The molecule has 0 spiro atoms. The highest BCUT2D eigenvalue weighted by atomic mass is 31.0. The number of rotatable bonds is 2. The Bertz CT molecular complexity index is 287. The zero-order chi connectivity index (χ0) is 10.0. The average Bonchev–Trinajstić information content (AvgIpc) is 2.03. The van der Waals surface area contributed by atoms with E-state index in [1.807, 2.05) is 0 Å². The number of hydrogen-bond acceptors (Lipinski definition) is 0. The van der Waals surface area contributed by atoms with Gasteiger partial charge in [-0.05, 0) is 28.3 Å². The highest BCUT2D eigenvalue weighted by Gasteiger charge is 2.09. The molecule has 1 atom stereocenters. The lowest BCUT2D eigenvalue weighted by Crippen LogP contribution is -2.03. The van der Waals surface area contributed by atoms with Crippen molar-refractivity contribution in [3.8, 4) is 0 Å². The first-order chi connectivity index (χ1) is 6.02. The van der Waals surface area contributed by atoms with Crippen LogP contribution in [0, 0.1) is 0 Å². The highest BCUT2D eigenvalue weighted by Crippen LogP contribution is 2.25. The van der Waals surface area contributed by atoms with Crippen LogP contribution in [0.25, 0.3) is 0 Å². The van der Waals surface area contributed by atoms with Crippen LogP contribution < -0.4 is 5.30 Å². The molecule has 13 heavy (non-hydrogen) atoms. The van der Waals surface area contributed by atoms with Gasteiger partial charge in [0.1, 0.15) is 0 Å². The topological polar surface area (TPSA) is 0 Å². The van der Waals surface area contributed by atoms with Gasteiger partial charge in [0.05, 0.1) is 0 Å². The molecular weight excluding hydrogens is 175 g/mol. The molecule has 0 aromatic heterocycles. The molecule has 72 valence electrons. The minimum atomic E-state index is 0.623. The normalized spacial score (nSPS) is 11.3. The summed E-state index contributed by atoms with van der Waals surface area (Å²) < 4.78 is 0. The molecule has 0 bridgehead atoms. The Hall–Kier alpha value is -0.350. The van der Waals surface area contributed by atoms with Crippen molar-refractivity contribution in [2.75, 3.05) is 0 Å². The van der Waals surface area contributed by atoms with Crippen LogP contribution in [0.5, 0.6) is 0 Å². The van der Waals surface area contributed by atoms with Crippen molar-refractivity contribution >= 4 is 14.5 Å². The predicted molar refractivity (Wildman–Crippen MR) is 64.0 cm³/mol. The molecule has 1 heteroatoms. The van der Waals surface area contributed by atoms with Crippen molar-refractivity contribution in [2.45, 2.75) is 39.5 Å².